The van der Waals surface area contributed by atoms with Crippen LogP contribution < -0.4 is 4.90 Å². The van der Waals surface area contributed by atoms with Crippen LogP contribution in [0.2, 0.25) is 0 Å². The van der Waals surface area contributed by atoms with E-state index in [0.717, 1.165) is 42.0 Å². The van der Waals surface area contributed by atoms with E-state index < -0.39 is 0 Å². The van der Waals surface area contributed by atoms with Crippen LogP contribution >= 0.6 is 15.9 Å². The predicted octanol–water partition coefficient (Wildman–Crippen LogP) is 1.82. The number of nitrogens with zero attached hydrogens (tertiary/aromatic N) is 3. The third kappa shape index (κ3) is 1.78. The van der Waals surface area contributed by atoms with Crippen molar-refractivity contribution >= 4 is 33.0 Å². The quantitative estimate of drug-likeness (QED) is 0.748. The molecule has 3 rings (SSSR count). The van der Waals surface area contributed by atoms with Gasteiger partial charge >= 0.3 is 0 Å². The second-order valence-corrected chi connectivity index (χ2v) is 4.38. The molecule has 0 bridgehead atoms. The third-order valence-corrected chi connectivity index (χ3v) is 2.95. The molecule has 1 saturated heterocycles. The molecule has 2 aromatic rings. The molecule has 6 heteroatoms. The minimum absolute atomic E-state index is 0.651. The Bertz CT molecular complexity index is 508. The van der Waals surface area contributed by atoms with Gasteiger partial charge in [-0.25, -0.2) is 4.98 Å². The minimum Gasteiger partial charge on any atom is -0.423 e. The van der Waals surface area contributed by atoms with Gasteiger partial charge in [0.25, 0.3) is 6.01 Å². The Kier molecular flexibility index (Phi) is 2.53. The molecular weight excluding hydrogens is 274 g/mol. The standard InChI is InChI=1S/C10H10BrN3O2/c11-9-5-8-7(6-12-9)13-10(16-8)14-1-3-15-4-2-14/h5-6H,1-4H2. The summed E-state index contributed by atoms with van der Waals surface area (Å²) >= 11 is 3.31. The first-order chi connectivity index (χ1) is 7.83. The number of hydrogen-bond acceptors (Lipinski definition) is 5. The maximum Gasteiger partial charge on any atom is 0.298 e. The van der Waals surface area contributed by atoms with Gasteiger partial charge in [0.1, 0.15) is 10.1 Å². The fourth-order valence-electron chi connectivity index (χ4n) is 1.69. The van der Waals surface area contributed by atoms with Gasteiger partial charge in [-0.3, -0.25) is 0 Å². The summed E-state index contributed by atoms with van der Waals surface area (Å²) < 4.78 is 11.7. The lowest BCUT2D eigenvalue weighted by atomic mass is 10.4. The Balaban J connectivity index is 1.97. The van der Waals surface area contributed by atoms with Crippen LogP contribution in [-0.4, -0.2) is 36.3 Å². The van der Waals surface area contributed by atoms with Gasteiger partial charge in [-0.2, -0.15) is 4.98 Å². The number of pyridine rings is 1. The second kappa shape index (κ2) is 4.03. The fraction of sp³-hybridized carbons (Fsp3) is 0.400. The Labute approximate surface area is 101 Å². The van der Waals surface area contributed by atoms with E-state index in [9.17, 15) is 0 Å². The fourth-order valence-corrected chi connectivity index (χ4v) is 2.00. The van der Waals surface area contributed by atoms with Gasteiger partial charge in [-0.05, 0) is 15.9 Å². The number of fused-ring (bicyclic) bond motifs is 1. The lowest BCUT2D eigenvalue weighted by Gasteiger charge is -2.24. The molecule has 0 saturated carbocycles. The summed E-state index contributed by atoms with van der Waals surface area (Å²) in [4.78, 5) is 10.6. The first-order valence-corrected chi connectivity index (χ1v) is 5.87. The molecule has 0 radical (unpaired) electrons. The molecule has 3 heterocycles. The summed E-state index contributed by atoms with van der Waals surface area (Å²) in [7, 11) is 0. The zero-order valence-electron chi connectivity index (χ0n) is 8.52. The molecule has 0 amide bonds. The third-order valence-electron chi connectivity index (χ3n) is 2.51. The van der Waals surface area contributed by atoms with E-state index in [0.29, 0.717) is 6.01 Å². The molecule has 16 heavy (non-hydrogen) atoms. The van der Waals surface area contributed by atoms with E-state index in [2.05, 4.69) is 30.8 Å². The van der Waals surface area contributed by atoms with Crippen LogP contribution in [-0.2, 0) is 4.74 Å². The zero-order chi connectivity index (χ0) is 11.0. The SMILES string of the molecule is Brc1cc2oc(N3CCOCC3)nc2cn1. The van der Waals surface area contributed by atoms with E-state index in [1.807, 2.05) is 6.07 Å². The number of anilines is 1. The number of aromatic nitrogens is 2. The summed E-state index contributed by atoms with van der Waals surface area (Å²) in [6.07, 6.45) is 1.70. The Morgan fingerprint density at radius 2 is 2.12 bits per heavy atom. The highest BCUT2D eigenvalue weighted by Crippen LogP contribution is 2.23. The molecule has 0 atom stereocenters. The molecule has 0 unspecified atom stereocenters. The molecule has 0 N–H and O–H groups in total. The maximum absolute atomic E-state index is 5.68. The van der Waals surface area contributed by atoms with Gasteiger partial charge in [0.05, 0.1) is 19.4 Å². The highest BCUT2D eigenvalue weighted by Gasteiger charge is 2.17. The van der Waals surface area contributed by atoms with Crippen molar-refractivity contribution in [2.24, 2.45) is 0 Å². The molecule has 1 aliphatic rings. The Morgan fingerprint density at radius 1 is 1.31 bits per heavy atom. The topological polar surface area (TPSA) is 51.4 Å². The van der Waals surface area contributed by atoms with Crippen LogP contribution in [0.5, 0.6) is 0 Å². The van der Waals surface area contributed by atoms with Gasteiger partial charge in [0.2, 0.25) is 0 Å². The predicted molar refractivity (Wildman–Crippen MR) is 62.5 cm³/mol. The summed E-state index contributed by atoms with van der Waals surface area (Å²) in [5.41, 5.74) is 1.54. The monoisotopic (exact) mass is 283 g/mol. The lowest BCUT2D eigenvalue weighted by Crippen LogP contribution is -2.36. The van der Waals surface area contributed by atoms with Crippen molar-refractivity contribution in [3.8, 4) is 0 Å². The second-order valence-electron chi connectivity index (χ2n) is 3.57. The molecule has 0 aromatic carbocycles. The number of oxazole rings is 1. The summed E-state index contributed by atoms with van der Waals surface area (Å²) in [5.74, 6) is 0. The normalized spacial score (nSPS) is 16.9. The molecular formula is C10H10BrN3O2. The van der Waals surface area contributed by atoms with Crippen LogP contribution in [0.3, 0.4) is 0 Å². The molecule has 0 aliphatic carbocycles. The Morgan fingerprint density at radius 3 is 2.94 bits per heavy atom. The van der Waals surface area contributed by atoms with Crippen molar-refractivity contribution in [2.75, 3.05) is 31.2 Å². The van der Waals surface area contributed by atoms with Gasteiger partial charge < -0.3 is 14.1 Å². The van der Waals surface area contributed by atoms with Gasteiger partial charge in [-0.15, -0.1) is 0 Å². The first-order valence-electron chi connectivity index (χ1n) is 5.08. The van der Waals surface area contributed by atoms with Crippen LogP contribution in [0.25, 0.3) is 11.1 Å². The Hall–Kier alpha value is -1.14. The first kappa shape index (κ1) is 10.0. The molecule has 84 valence electrons. The lowest BCUT2D eigenvalue weighted by molar-refractivity contribution is 0.120. The maximum atomic E-state index is 5.68. The van der Waals surface area contributed by atoms with E-state index in [1.165, 1.54) is 0 Å². The van der Waals surface area contributed by atoms with Crippen LogP contribution in [0.1, 0.15) is 0 Å². The largest absolute Gasteiger partial charge is 0.423 e. The summed E-state index contributed by atoms with van der Waals surface area (Å²) in [5, 5.41) is 0. The number of ether oxygens (including phenoxy) is 1. The van der Waals surface area contributed by atoms with Crippen molar-refractivity contribution in [3.63, 3.8) is 0 Å². The van der Waals surface area contributed by atoms with Crippen LogP contribution in [0, 0.1) is 0 Å². The number of halogens is 1. The molecule has 0 spiro atoms. The van der Waals surface area contributed by atoms with Crippen LogP contribution in [0.15, 0.2) is 21.3 Å². The van der Waals surface area contributed by atoms with Gasteiger partial charge in [0, 0.05) is 19.2 Å². The molecule has 2 aromatic heterocycles. The molecule has 1 aliphatic heterocycles. The van der Waals surface area contributed by atoms with Gasteiger partial charge in [-0.1, -0.05) is 0 Å². The van der Waals surface area contributed by atoms with Crippen molar-refractivity contribution in [2.45, 2.75) is 0 Å². The zero-order valence-corrected chi connectivity index (χ0v) is 10.1. The van der Waals surface area contributed by atoms with E-state index in [-0.39, 0.29) is 0 Å². The average molecular weight is 284 g/mol. The summed E-state index contributed by atoms with van der Waals surface area (Å²) in [6, 6.07) is 2.48. The van der Waals surface area contributed by atoms with E-state index >= 15 is 0 Å². The minimum atomic E-state index is 0.651. The van der Waals surface area contributed by atoms with Crippen molar-refractivity contribution in [1.82, 2.24) is 9.97 Å². The smallest absolute Gasteiger partial charge is 0.298 e. The highest BCUT2D eigenvalue weighted by molar-refractivity contribution is 9.10. The van der Waals surface area contributed by atoms with Gasteiger partial charge in [0.15, 0.2) is 5.58 Å². The van der Waals surface area contributed by atoms with E-state index in [1.54, 1.807) is 6.20 Å². The van der Waals surface area contributed by atoms with Crippen molar-refractivity contribution < 1.29 is 9.15 Å². The average Bonchev–Trinajstić information content (AvgIpc) is 2.73. The van der Waals surface area contributed by atoms with Crippen LogP contribution in [0.4, 0.5) is 6.01 Å². The van der Waals surface area contributed by atoms with Crippen molar-refractivity contribution in [3.05, 3.63) is 16.9 Å². The summed E-state index contributed by atoms with van der Waals surface area (Å²) in [6.45, 7) is 3.09. The number of morpholine rings is 1. The van der Waals surface area contributed by atoms with Crippen molar-refractivity contribution in [1.29, 1.82) is 0 Å². The highest BCUT2D eigenvalue weighted by atomic mass is 79.9. The molecule has 1 fully saturated rings. The molecule has 5 nitrogen and oxygen atoms in total. The number of rotatable bonds is 1. The number of hydrogen-bond donors (Lipinski definition) is 0. The van der Waals surface area contributed by atoms with E-state index in [4.69, 9.17) is 9.15 Å².